The van der Waals surface area contributed by atoms with Gasteiger partial charge in [-0.25, -0.2) is 8.42 Å². The smallest absolute Gasteiger partial charge is 0.600 e. The Hall–Kier alpha value is -1.33. The van der Waals surface area contributed by atoms with Crippen molar-refractivity contribution in [1.82, 2.24) is 0 Å². The third-order valence-corrected chi connectivity index (χ3v) is 6.22. The van der Waals surface area contributed by atoms with Crippen LogP contribution in [-0.4, -0.2) is 18.5 Å². The van der Waals surface area contributed by atoms with Crippen LogP contribution in [0, 0.1) is 0 Å². The van der Waals surface area contributed by atoms with Crippen molar-refractivity contribution < 1.29 is 39.3 Å². The van der Waals surface area contributed by atoms with Crippen molar-refractivity contribution in [1.29, 1.82) is 0 Å². The molecule has 1 aromatic carbocycles. The Balaban J connectivity index is 0.000000359. The van der Waals surface area contributed by atoms with Crippen LogP contribution in [0.25, 0.3) is 10.1 Å². The van der Waals surface area contributed by atoms with Gasteiger partial charge in [0.05, 0.1) is 10.5 Å². The number of hydrogen-bond acceptors (Lipinski definition) is 3. The van der Waals surface area contributed by atoms with Crippen molar-refractivity contribution in [2.24, 2.45) is 0 Å². The number of benzene rings is 1. The van der Waals surface area contributed by atoms with E-state index in [0.29, 0.717) is 9.58 Å². The molecule has 0 fully saturated rings. The molecule has 2 aromatic rings. The number of aryl methyl sites for hydroxylation is 1. The van der Waals surface area contributed by atoms with E-state index in [9.17, 15) is 26.3 Å². The van der Waals surface area contributed by atoms with Gasteiger partial charge in [-0.05, 0) is 24.1 Å². The molecule has 2 rings (SSSR count). The molecule has 0 saturated heterocycles. The lowest BCUT2D eigenvalue weighted by molar-refractivity contribution is -0.0868. The predicted octanol–water partition coefficient (Wildman–Crippen LogP) is 5.80. The highest BCUT2D eigenvalue weighted by molar-refractivity contribution is 7.86. The normalized spacial score (nSPS) is 13.7. The fourth-order valence-electron chi connectivity index (χ4n) is 2.12. The first kappa shape index (κ1) is 22.7. The maximum Gasteiger partial charge on any atom is 0.600 e. The van der Waals surface area contributed by atoms with Crippen molar-refractivity contribution in [2.45, 2.75) is 44.1 Å². The highest BCUT2D eigenvalue weighted by Crippen LogP contribution is 2.53. The second-order valence-corrected chi connectivity index (χ2v) is 8.94. The molecular weight excluding hydrogens is 406 g/mol. The highest BCUT2D eigenvalue weighted by Gasteiger charge is 2.48. The summed E-state index contributed by atoms with van der Waals surface area (Å²) in [5.74, 6) is -0.0764. The molecule has 0 saturated carbocycles. The minimum atomic E-state index is -6.09. The molecule has 3 nitrogen and oxygen atoms in total. The summed E-state index contributed by atoms with van der Waals surface area (Å²) in [4.78, 5) is 0.505. The molecule has 26 heavy (non-hydrogen) atoms. The summed E-state index contributed by atoms with van der Waals surface area (Å²) in [5.41, 5.74) is -8.73. The average molecular weight is 422 g/mol. The first-order valence-electron chi connectivity index (χ1n) is 7.27. The van der Waals surface area contributed by atoms with Crippen molar-refractivity contribution in [3.8, 4) is 0 Å². The van der Waals surface area contributed by atoms with Gasteiger partial charge in [0.1, 0.15) is 0 Å². The first-order chi connectivity index (χ1) is 11.6. The second-order valence-electron chi connectivity index (χ2n) is 5.58. The lowest BCUT2D eigenvalue weighted by Crippen LogP contribution is -2.21. The summed E-state index contributed by atoms with van der Waals surface area (Å²) in [6.07, 6.45) is 0.845. The number of alkyl halides is 6. The van der Waals surface area contributed by atoms with E-state index in [4.69, 9.17) is 13.0 Å². The summed E-state index contributed by atoms with van der Waals surface area (Å²) >= 11 is 0. The summed E-state index contributed by atoms with van der Waals surface area (Å²) in [7, 11) is -7.83. The van der Waals surface area contributed by atoms with Crippen LogP contribution in [0.2, 0.25) is 0 Å². The fraction of sp³-hybridized carbons (Fsp3) is 0.467. The molecule has 11 heteroatoms. The molecule has 148 valence electrons. The summed E-state index contributed by atoms with van der Waals surface area (Å²) in [6, 6.07) is 7.07. The first-order valence-corrected chi connectivity index (χ1v) is 9.90. The van der Waals surface area contributed by atoms with Gasteiger partial charge < -0.3 is 4.55 Å². The number of halogens is 6. The van der Waals surface area contributed by atoms with Crippen molar-refractivity contribution in [3.05, 3.63) is 34.7 Å². The van der Waals surface area contributed by atoms with Gasteiger partial charge in [-0.1, -0.05) is 26.8 Å². The van der Waals surface area contributed by atoms with E-state index < -0.39 is 31.6 Å². The number of rotatable bonds is 2. The van der Waals surface area contributed by atoms with Crippen LogP contribution in [0.1, 0.15) is 37.1 Å². The maximum atomic E-state index is 13.2. The molecule has 1 heterocycles. The van der Waals surface area contributed by atoms with E-state index in [2.05, 4.69) is 0 Å². The molecule has 0 aliphatic heterocycles. The molecule has 1 unspecified atom stereocenters. The molecule has 1 atom stereocenters. The van der Waals surface area contributed by atoms with Gasteiger partial charge in [0, 0.05) is 17.4 Å². The lowest BCUT2D eigenvalue weighted by Gasteiger charge is -2.08. The lowest BCUT2D eigenvalue weighted by atomic mass is 10.1. The van der Waals surface area contributed by atoms with Crippen LogP contribution >= 0.6 is 10.5 Å². The van der Waals surface area contributed by atoms with Gasteiger partial charge in [0.2, 0.25) is 0 Å². The molecule has 0 radical (unpaired) electrons. The van der Waals surface area contributed by atoms with Crippen LogP contribution in [0.3, 0.4) is 0 Å². The van der Waals surface area contributed by atoms with E-state index in [0.717, 1.165) is 17.4 Å². The van der Waals surface area contributed by atoms with E-state index in [-0.39, 0.29) is 5.92 Å². The topological polar surface area (TPSA) is 57.2 Å². The van der Waals surface area contributed by atoms with E-state index in [1.54, 1.807) is 12.1 Å². The molecular formula is C15H16F6O3S2. The summed E-state index contributed by atoms with van der Waals surface area (Å²) in [5, 5.41) is 0.749. The zero-order chi connectivity index (χ0) is 20.5. The Morgan fingerprint density at radius 2 is 1.58 bits per heavy atom. The van der Waals surface area contributed by atoms with Gasteiger partial charge in [-0.15, -0.1) is 13.2 Å². The van der Waals surface area contributed by atoms with Crippen LogP contribution < -0.4 is 0 Å². The van der Waals surface area contributed by atoms with Gasteiger partial charge in [0.15, 0.2) is 19.7 Å². The Morgan fingerprint density at radius 1 is 1.08 bits per heavy atom. The highest BCUT2D eigenvalue weighted by atomic mass is 32.2. The Kier molecular flexibility index (Phi) is 6.75. The zero-order valence-corrected chi connectivity index (χ0v) is 15.5. The number of hydrogen-bond donors (Lipinski definition) is 0. The molecule has 0 aliphatic carbocycles. The summed E-state index contributed by atoms with van der Waals surface area (Å²) < 4.78 is 98.9. The van der Waals surface area contributed by atoms with Gasteiger partial charge in [0.25, 0.3) is 0 Å². The SMILES string of the molecule is CCc1ccc2c(c1)cc(C(C)C)[s+]2C(F)(F)F.O=S(=O)([O-])C(F)(F)F. The van der Waals surface area contributed by atoms with Crippen molar-refractivity contribution in [3.63, 3.8) is 0 Å². The number of fused-ring (bicyclic) bond motifs is 1. The molecule has 0 aliphatic rings. The zero-order valence-electron chi connectivity index (χ0n) is 13.9. The van der Waals surface area contributed by atoms with E-state index >= 15 is 0 Å². The van der Waals surface area contributed by atoms with Crippen LogP contribution in [0.4, 0.5) is 26.3 Å². The van der Waals surface area contributed by atoms with Gasteiger partial charge in [-0.3, -0.25) is 0 Å². The van der Waals surface area contributed by atoms with Crippen molar-refractivity contribution >= 4 is 30.7 Å². The van der Waals surface area contributed by atoms with E-state index in [1.165, 1.54) is 0 Å². The summed E-state index contributed by atoms with van der Waals surface area (Å²) in [6.45, 7) is 5.65. The average Bonchev–Trinajstić information content (AvgIpc) is 2.84. The van der Waals surface area contributed by atoms with Gasteiger partial charge >= 0.3 is 11.0 Å². The van der Waals surface area contributed by atoms with Crippen LogP contribution in [-0.2, 0) is 22.0 Å². The quantitative estimate of drug-likeness (QED) is 0.266. The Labute approximate surface area is 149 Å². The Bertz CT molecular complexity index is 864. The van der Waals surface area contributed by atoms with Crippen molar-refractivity contribution in [2.75, 3.05) is 0 Å². The standard InChI is InChI=1S/C14H16F3S.CHF3O3S/c1-4-10-5-6-12-11(7-10)8-13(9(2)3)18(12)14(15,16)17;2-1(3,4)8(5,6)7/h5-9H,4H2,1-3H3;(H,5,6,7)/q+1;/p-1. The van der Waals surface area contributed by atoms with Crippen LogP contribution in [0.15, 0.2) is 24.3 Å². The second kappa shape index (κ2) is 7.73. The minimum absolute atomic E-state index is 0.0764. The molecule has 1 aromatic heterocycles. The third kappa shape index (κ3) is 5.34. The number of thiophene rings is 1. The monoisotopic (exact) mass is 422 g/mol. The fourth-order valence-corrected chi connectivity index (χ4v) is 4.16. The molecule has 0 spiro atoms. The predicted molar refractivity (Wildman–Crippen MR) is 86.9 cm³/mol. The third-order valence-electron chi connectivity index (χ3n) is 3.32. The maximum absolute atomic E-state index is 13.2. The Morgan fingerprint density at radius 3 is 1.92 bits per heavy atom. The van der Waals surface area contributed by atoms with Crippen LogP contribution in [0.5, 0.6) is 0 Å². The minimum Gasteiger partial charge on any atom is -0.741 e. The molecule has 0 amide bonds. The van der Waals surface area contributed by atoms with Gasteiger partial charge in [-0.2, -0.15) is 13.2 Å². The molecule has 0 N–H and O–H groups in total. The molecule has 0 bridgehead atoms. The van der Waals surface area contributed by atoms with E-state index in [1.807, 2.05) is 32.9 Å². The largest absolute Gasteiger partial charge is 0.741 e.